The maximum atomic E-state index is 13.3. The predicted octanol–water partition coefficient (Wildman–Crippen LogP) is 4.44. The highest BCUT2D eigenvalue weighted by atomic mass is 19.1. The highest BCUT2D eigenvalue weighted by Gasteiger charge is 2.32. The number of aromatic nitrogens is 3. The van der Waals surface area contributed by atoms with Gasteiger partial charge in [0.25, 0.3) is 0 Å². The third kappa shape index (κ3) is 4.22. The summed E-state index contributed by atoms with van der Waals surface area (Å²) in [5.41, 5.74) is 3.60. The van der Waals surface area contributed by atoms with Crippen LogP contribution in [-0.4, -0.2) is 50.5 Å². The van der Waals surface area contributed by atoms with Gasteiger partial charge in [-0.2, -0.15) is 5.10 Å². The maximum Gasteiger partial charge on any atom is 0.123 e. The molecule has 1 fully saturated rings. The third-order valence-electron chi connectivity index (χ3n) is 6.18. The van der Waals surface area contributed by atoms with Gasteiger partial charge in [0.1, 0.15) is 11.5 Å². The van der Waals surface area contributed by atoms with Crippen molar-refractivity contribution >= 4 is 22.3 Å². The average Bonchev–Trinajstić information content (AvgIpc) is 3.15. The second-order valence-electron chi connectivity index (χ2n) is 8.64. The van der Waals surface area contributed by atoms with E-state index in [1.165, 1.54) is 12.1 Å². The summed E-state index contributed by atoms with van der Waals surface area (Å²) >= 11 is 0. The van der Waals surface area contributed by atoms with Crippen molar-refractivity contribution < 1.29 is 9.50 Å². The molecule has 2 aromatic carbocycles. The van der Waals surface area contributed by atoms with Crippen LogP contribution in [0.15, 0.2) is 67.0 Å². The second kappa shape index (κ2) is 8.33. The zero-order valence-electron chi connectivity index (χ0n) is 18.0. The van der Waals surface area contributed by atoms with Crippen LogP contribution >= 0.6 is 0 Å². The van der Waals surface area contributed by atoms with Crippen LogP contribution < -0.4 is 5.32 Å². The van der Waals surface area contributed by atoms with Crippen molar-refractivity contribution in [1.82, 2.24) is 19.7 Å². The smallest absolute Gasteiger partial charge is 0.123 e. The molecular formula is C25H26FN5O. The van der Waals surface area contributed by atoms with E-state index >= 15 is 0 Å². The molecule has 1 aliphatic rings. The van der Waals surface area contributed by atoms with Gasteiger partial charge in [-0.15, -0.1) is 0 Å². The van der Waals surface area contributed by atoms with Gasteiger partial charge >= 0.3 is 0 Å². The Morgan fingerprint density at radius 3 is 2.53 bits per heavy atom. The summed E-state index contributed by atoms with van der Waals surface area (Å²) in [5.74, 6) is -0.267. The molecule has 0 radical (unpaired) electrons. The Morgan fingerprint density at radius 1 is 1.06 bits per heavy atom. The van der Waals surface area contributed by atoms with Crippen molar-refractivity contribution in [1.29, 1.82) is 0 Å². The summed E-state index contributed by atoms with van der Waals surface area (Å²) in [6, 6.07) is 16.2. The molecule has 0 atom stereocenters. The number of benzene rings is 2. The molecule has 2 aromatic heterocycles. The molecule has 0 bridgehead atoms. The molecule has 0 unspecified atom stereocenters. The largest absolute Gasteiger partial charge is 0.388 e. The van der Waals surface area contributed by atoms with E-state index in [4.69, 9.17) is 5.10 Å². The minimum absolute atomic E-state index is 0.267. The number of hydrogen-bond donors (Lipinski definition) is 2. The minimum Gasteiger partial charge on any atom is -0.388 e. The Bertz CT molecular complexity index is 1210. The van der Waals surface area contributed by atoms with Gasteiger partial charge in [0.2, 0.25) is 0 Å². The number of halogens is 1. The summed E-state index contributed by atoms with van der Waals surface area (Å²) in [5, 5.41) is 20.5. The monoisotopic (exact) mass is 431 g/mol. The quantitative estimate of drug-likeness (QED) is 0.489. The molecule has 164 valence electrons. The fourth-order valence-corrected chi connectivity index (χ4v) is 4.26. The van der Waals surface area contributed by atoms with Crippen molar-refractivity contribution in [2.24, 2.45) is 0 Å². The molecule has 0 amide bonds. The molecule has 0 aliphatic carbocycles. The molecule has 7 heteroatoms. The zero-order chi connectivity index (χ0) is 22.1. The van der Waals surface area contributed by atoms with Crippen molar-refractivity contribution in [3.8, 4) is 11.3 Å². The second-order valence-corrected chi connectivity index (χ2v) is 8.64. The summed E-state index contributed by atoms with van der Waals surface area (Å²) in [6.07, 6.45) is 4.97. The molecule has 6 nitrogen and oxygen atoms in total. The van der Waals surface area contributed by atoms with E-state index in [9.17, 15) is 9.50 Å². The van der Waals surface area contributed by atoms with Crippen LogP contribution in [0.5, 0.6) is 0 Å². The number of pyridine rings is 1. The van der Waals surface area contributed by atoms with Crippen LogP contribution in [0.4, 0.5) is 15.8 Å². The first kappa shape index (κ1) is 20.6. The van der Waals surface area contributed by atoms with Crippen LogP contribution in [0.2, 0.25) is 0 Å². The lowest BCUT2D eigenvalue weighted by Crippen LogP contribution is -2.45. The van der Waals surface area contributed by atoms with Crippen molar-refractivity contribution in [3.63, 3.8) is 0 Å². The van der Waals surface area contributed by atoms with Gasteiger partial charge in [-0.05, 0) is 74.5 Å². The predicted molar refractivity (Wildman–Crippen MR) is 124 cm³/mol. The van der Waals surface area contributed by atoms with E-state index in [1.54, 1.807) is 24.5 Å². The number of likely N-dealkylation sites (tertiary alicyclic amines) is 1. The number of aliphatic hydroxyl groups is 1. The molecule has 4 aromatic rings. The van der Waals surface area contributed by atoms with Gasteiger partial charge in [-0.3, -0.25) is 9.67 Å². The van der Waals surface area contributed by atoms with E-state index in [2.05, 4.69) is 22.2 Å². The van der Waals surface area contributed by atoms with E-state index in [1.807, 2.05) is 35.0 Å². The van der Waals surface area contributed by atoms with Crippen LogP contribution in [0.1, 0.15) is 12.8 Å². The first-order valence-corrected chi connectivity index (χ1v) is 10.8. The Hall–Kier alpha value is -3.29. The molecule has 0 spiro atoms. The molecule has 1 aliphatic heterocycles. The molecule has 5 rings (SSSR count). The maximum absolute atomic E-state index is 13.3. The molecule has 32 heavy (non-hydrogen) atoms. The lowest BCUT2D eigenvalue weighted by molar-refractivity contribution is -0.0305. The van der Waals surface area contributed by atoms with Crippen LogP contribution in [0.3, 0.4) is 0 Å². The minimum atomic E-state index is -0.794. The lowest BCUT2D eigenvalue weighted by Gasteiger charge is -2.36. The first-order chi connectivity index (χ1) is 15.5. The fraction of sp³-hybridized carbons (Fsp3) is 0.280. The lowest BCUT2D eigenvalue weighted by atomic mass is 9.91. The highest BCUT2D eigenvalue weighted by molar-refractivity contribution is 5.95. The van der Waals surface area contributed by atoms with Crippen LogP contribution in [-0.2, 0) is 6.54 Å². The number of nitrogens with zero attached hydrogens (tertiary/aromatic N) is 4. The summed E-state index contributed by atoms with van der Waals surface area (Å²) < 4.78 is 15.2. The van der Waals surface area contributed by atoms with Gasteiger partial charge in [0, 0.05) is 47.8 Å². The first-order valence-electron chi connectivity index (χ1n) is 10.8. The fourth-order valence-electron chi connectivity index (χ4n) is 4.26. The number of anilines is 2. The van der Waals surface area contributed by atoms with E-state index in [0.717, 1.165) is 46.6 Å². The van der Waals surface area contributed by atoms with Gasteiger partial charge in [0.05, 0.1) is 17.7 Å². The number of hydrogen-bond acceptors (Lipinski definition) is 5. The molecule has 2 N–H and O–H groups in total. The standard InChI is InChI=1S/C25H26FN5O/c1-30-13-10-25(32,11-14-30)17-31-23-15-21(28-20-6-4-19(26)5-7-20)8-9-22(23)24(29-31)18-3-2-12-27-16-18/h2-9,12,15-16,28,32H,10-11,13-14,17H2,1H3. The van der Waals surface area contributed by atoms with Gasteiger partial charge in [-0.25, -0.2) is 4.39 Å². The van der Waals surface area contributed by atoms with E-state index in [-0.39, 0.29) is 5.82 Å². The van der Waals surface area contributed by atoms with E-state index in [0.29, 0.717) is 19.4 Å². The Balaban J connectivity index is 1.54. The van der Waals surface area contributed by atoms with Gasteiger partial charge in [0.15, 0.2) is 0 Å². The number of nitrogens with one attached hydrogen (secondary N) is 1. The third-order valence-corrected chi connectivity index (χ3v) is 6.18. The van der Waals surface area contributed by atoms with Crippen LogP contribution in [0, 0.1) is 5.82 Å². The summed E-state index contributed by atoms with van der Waals surface area (Å²) in [4.78, 5) is 6.49. The van der Waals surface area contributed by atoms with E-state index < -0.39 is 5.60 Å². The highest BCUT2D eigenvalue weighted by Crippen LogP contribution is 2.33. The zero-order valence-corrected chi connectivity index (χ0v) is 18.0. The molecule has 1 saturated heterocycles. The van der Waals surface area contributed by atoms with Crippen LogP contribution in [0.25, 0.3) is 22.2 Å². The summed E-state index contributed by atoms with van der Waals surface area (Å²) in [6.45, 7) is 2.16. The van der Waals surface area contributed by atoms with Crippen molar-refractivity contribution in [2.75, 3.05) is 25.5 Å². The normalized spacial score (nSPS) is 16.3. The number of fused-ring (bicyclic) bond motifs is 1. The summed E-state index contributed by atoms with van der Waals surface area (Å²) in [7, 11) is 2.08. The van der Waals surface area contributed by atoms with Crippen molar-refractivity contribution in [2.45, 2.75) is 25.0 Å². The Morgan fingerprint density at radius 2 is 1.81 bits per heavy atom. The van der Waals surface area contributed by atoms with Crippen molar-refractivity contribution in [3.05, 3.63) is 72.8 Å². The Kier molecular flexibility index (Phi) is 5.36. The number of rotatable bonds is 5. The Labute approximate surface area is 186 Å². The number of piperidine rings is 1. The molecule has 0 saturated carbocycles. The SMILES string of the molecule is CN1CCC(O)(Cn2nc(-c3cccnc3)c3ccc(Nc4ccc(F)cc4)cc32)CC1. The van der Waals surface area contributed by atoms with Gasteiger partial charge < -0.3 is 15.3 Å². The average molecular weight is 432 g/mol. The molecular weight excluding hydrogens is 405 g/mol. The van der Waals surface area contributed by atoms with Gasteiger partial charge in [-0.1, -0.05) is 0 Å². The topological polar surface area (TPSA) is 66.2 Å². The molecule has 3 heterocycles.